The summed E-state index contributed by atoms with van der Waals surface area (Å²) in [6, 6.07) is 18.2. The average Bonchev–Trinajstić information content (AvgIpc) is 3.20. The lowest BCUT2D eigenvalue weighted by Crippen LogP contribution is -2.53. The molecule has 0 bridgehead atoms. The standard InChI is InChI=1S/C25H26N2O3S/c1-31(28,29)25-12-9-22(14-26-25)20-7-10-23(11-8-20)30-24-16-27(17-24)15-18-5-6-19-3-2-4-21(19)13-18/h5-14,24H,2-4,15-17H2,1H3. The molecule has 6 heteroatoms. The van der Waals surface area contributed by atoms with Crippen molar-refractivity contribution in [3.05, 3.63) is 77.5 Å². The zero-order chi connectivity index (χ0) is 21.4. The molecule has 1 aliphatic heterocycles. The molecular weight excluding hydrogens is 408 g/mol. The predicted octanol–water partition coefficient (Wildman–Crippen LogP) is 3.90. The smallest absolute Gasteiger partial charge is 0.192 e. The summed E-state index contributed by atoms with van der Waals surface area (Å²) in [5, 5.41) is 0.0885. The van der Waals surface area contributed by atoms with E-state index in [4.69, 9.17) is 4.74 Å². The van der Waals surface area contributed by atoms with Gasteiger partial charge < -0.3 is 4.74 Å². The van der Waals surface area contributed by atoms with E-state index in [1.807, 2.05) is 24.3 Å². The van der Waals surface area contributed by atoms with Crippen molar-refractivity contribution in [3.8, 4) is 16.9 Å². The van der Waals surface area contributed by atoms with Crippen molar-refractivity contribution in [1.29, 1.82) is 0 Å². The molecule has 1 saturated heterocycles. The van der Waals surface area contributed by atoms with E-state index in [1.165, 1.54) is 36.0 Å². The molecule has 2 aliphatic rings. The van der Waals surface area contributed by atoms with Crippen molar-refractivity contribution in [2.24, 2.45) is 0 Å². The van der Waals surface area contributed by atoms with Crippen molar-refractivity contribution < 1.29 is 13.2 Å². The largest absolute Gasteiger partial charge is 0.488 e. The number of hydrogen-bond acceptors (Lipinski definition) is 5. The quantitative estimate of drug-likeness (QED) is 0.589. The van der Waals surface area contributed by atoms with Gasteiger partial charge in [0.1, 0.15) is 11.9 Å². The molecule has 0 unspecified atom stereocenters. The number of aryl methyl sites for hydroxylation is 2. The summed E-state index contributed by atoms with van der Waals surface area (Å²) in [6.07, 6.45) is 6.72. The van der Waals surface area contributed by atoms with Crippen LogP contribution in [-0.4, -0.2) is 43.8 Å². The first kappa shape index (κ1) is 20.2. The number of likely N-dealkylation sites (tertiary alicyclic amines) is 1. The number of hydrogen-bond donors (Lipinski definition) is 0. The van der Waals surface area contributed by atoms with Crippen molar-refractivity contribution >= 4 is 9.84 Å². The van der Waals surface area contributed by atoms with Crippen LogP contribution in [0.1, 0.15) is 23.1 Å². The Labute approximate surface area is 183 Å². The van der Waals surface area contributed by atoms with Gasteiger partial charge in [0.25, 0.3) is 0 Å². The summed E-state index contributed by atoms with van der Waals surface area (Å²) in [6.45, 7) is 2.87. The summed E-state index contributed by atoms with van der Waals surface area (Å²) in [4.78, 5) is 6.48. The molecule has 0 atom stereocenters. The second-order valence-electron chi connectivity index (χ2n) is 8.57. The fourth-order valence-electron chi connectivity index (χ4n) is 4.40. The number of rotatable bonds is 6. The van der Waals surface area contributed by atoms with Crippen LogP contribution in [0, 0.1) is 0 Å². The maximum atomic E-state index is 11.5. The molecule has 1 aromatic heterocycles. The van der Waals surface area contributed by atoms with Crippen molar-refractivity contribution in [1.82, 2.24) is 9.88 Å². The zero-order valence-corrected chi connectivity index (χ0v) is 18.4. The molecular formula is C25H26N2O3S. The number of sulfone groups is 1. The molecule has 0 radical (unpaired) electrons. The molecule has 0 spiro atoms. The molecule has 3 aromatic rings. The minimum Gasteiger partial charge on any atom is -0.488 e. The Morgan fingerprint density at radius 2 is 1.71 bits per heavy atom. The van der Waals surface area contributed by atoms with E-state index in [0.717, 1.165) is 42.8 Å². The van der Waals surface area contributed by atoms with E-state index in [1.54, 1.807) is 18.3 Å². The molecule has 2 aromatic carbocycles. The first-order valence-electron chi connectivity index (χ1n) is 10.7. The maximum Gasteiger partial charge on any atom is 0.192 e. The number of benzene rings is 2. The second kappa shape index (κ2) is 8.09. The third kappa shape index (κ3) is 4.50. The van der Waals surface area contributed by atoms with Gasteiger partial charge in [-0.25, -0.2) is 13.4 Å². The predicted molar refractivity (Wildman–Crippen MR) is 121 cm³/mol. The highest BCUT2D eigenvalue weighted by molar-refractivity contribution is 7.90. The lowest BCUT2D eigenvalue weighted by atomic mass is 10.0. The molecule has 0 amide bonds. The van der Waals surface area contributed by atoms with Crippen molar-refractivity contribution in [2.45, 2.75) is 36.9 Å². The van der Waals surface area contributed by atoms with Crippen LogP contribution in [0.25, 0.3) is 11.1 Å². The van der Waals surface area contributed by atoms with Crippen molar-refractivity contribution in [2.75, 3.05) is 19.3 Å². The lowest BCUT2D eigenvalue weighted by molar-refractivity contribution is 0.0146. The van der Waals surface area contributed by atoms with Gasteiger partial charge in [0.2, 0.25) is 0 Å². The van der Waals surface area contributed by atoms with Crippen molar-refractivity contribution in [3.63, 3.8) is 0 Å². The topological polar surface area (TPSA) is 59.5 Å². The minimum absolute atomic E-state index is 0.0885. The molecule has 0 saturated carbocycles. The van der Waals surface area contributed by atoms with Gasteiger partial charge in [0.15, 0.2) is 14.9 Å². The molecule has 5 rings (SSSR count). The normalized spacial score (nSPS) is 16.7. The number of ether oxygens (including phenoxy) is 1. The number of aromatic nitrogens is 1. The van der Waals surface area contributed by atoms with Crippen LogP contribution in [0.3, 0.4) is 0 Å². The molecule has 160 valence electrons. The van der Waals surface area contributed by atoms with E-state index in [2.05, 4.69) is 28.1 Å². The highest BCUT2D eigenvalue weighted by Gasteiger charge is 2.28. The van der Waals surface area contributed by atoms with E-state index in [-0.39, 0.29) is 11.1 Å². The number of pyridine rings is 1. The first-order chi connectivity index (χ1) is 14.9. The highest BCUT2D eigenvalue weighted by Crippen LogP contribution is 2.27. The van der Waals surface area contributed by atoms with Gasteiger partial charge in [-0.2, -0.15) is 0 Å². The summed E-state index contributed by atoms with van der Waals surface area (Å²) < 4.78 is 29.2. The van der Waals surface area contributed by atoms with E-state index >= 15 is 0 Å². The third-order valence-corrected chi connectivity index (χ3v) is 7.10. The summed E-state index contributed by atoms with van der Waals surface area (Å²) in [5.41, 5.74) is 6.32. The fourth-order valence-corrected chi connectivity index (χ4v) is 4.96. The summed E-state index contributed by atoms with van der Waals surface area (Å²) in [5.74, 6) is 0.853. The van der Waals surface area contributed by atoms with Gasteiger partial charge in [-0.1, -0.05) is 30.3 Å². The Hall–Kier alpha value is -2.70. The van der Waals surface area contributed by atoms with Crippen LogP contribution in [0.4, 0.5) is 0 Å². The van der Waals surface area contributed by atoms with Gasteiger partial charge in [0.05, 0.1) is 0 Å². The Kier molecular flexibility index (Phi) is 5.28. The Morgan fingerprint density at radius 1 is 0.968 bits per heavy atom. The highest BCUT2D eigenvalue weighted by atomic mass is 32.2. The fraction of sp³-hybridized carbons (Fsp3) is 0.320. The zero-order valence-electron chi connectivity index (χ0n) is 17.6. The van der Waals surface area contributed by atoms with Gasteiger partial charge in [-0.15, -0.1) is 0 Å². The first-order valence-corrected chi connectivity index (χ1v) is 12.6. The summed E-state index contributed by atoms with van der Waals surface area (Å²) >= 11 is 0. The van der Waals surface area contributed by atoms with Crippen LogP contribution in [-0.2, 0) is 29.2 Å². The van der Waals surface area contributed by atoms with E-state index in [0.29, 0.717) is 0 Å². The van der Waals surface area contributed by atoms with Gasteiger partial charge in [0, 0.05) is 37.7 Å². The lowest BCUT2D eigenvalue weighted by Gasteiger charge is -2.39. The van der Waals surface area contributed by atoms with Gasteiger partial charge in [-0.05, 0) is 65.8 Å². The van der Waals surface area contributed by atoms with Gasteiger partial charge in [-0.3, -0.25) is 4.90 Å². The number of fused-ring (bicyclic) bond motifs is 1. The minimum atomic E-state index is -3.28. The third-order valence-electron chi connectivity index (χ3n) is 6.10. The van der Waals surface area contributed by atoms with Crippen LogP contribution in [0.2, 0.25) is 0 Å². The molecule has 1 aliphatic carbocycles. The molecule has 1 fully saturated rings. The Balaban J connectivity index is 1.14. The number of nitrogens with zero attached hydrogens (tertiary/aromatic N) is 2. The molecule has 2 heterocycles. The van der Waals surface area contributed by atoms with Crippen LogP contribution in [0.15, 0.2) is 65.8 Å². The SMILES string of the molecule is CS(=O)(=O)c1ccc(-c2ccc(OC3CN(Cc4ccc5c(c4)CCC5)C3)cc2)cn1. The van der Waals surface area contributed by atoms with Crippen LogP contribution >= 0.6 is 0 Å². The molecule has 31 heavy (non-hydrogen) atoms. The Morgan fingerprint density at radius 3 is 2.42 bits per heavy atom. The van der Waals surface area contributed by atoms with E-state index in [9.17, 15) is 8.42 Å². The maximum absolute atomic E-state index is 11.5. The average molecular weight is 435 g/mol. The molecule has 5 nitrogen and oxygen atoms in total. The Bertz CT molecular complexity index is 1180. The second-order valence-corrected chi connectivity index (χ2v) is 10.5. The van der Waals surface area contributed by atoms with Crippen LogP contribution in [0.5, 0.6) is 5.75 Å². The van der Waals surface area contributed by atoms with Gasteiger partial charge >= 0.3 is 0 Å². The monoisotopic (exact) mass is 434 g/mol. The molecule has 0 N–H and O–H groups in total. The van der Waals surface area contributed by atoms with E-state index < -0.39 is 9.84 Å². The summed E-state index contributed by atoms with van der Waals surface area (Å²) in [7, 11) is -3.28. The van der Waals surface area contributed by atoms with Crippen LogP contribution < -0.4 is 4.74 Å².